The second-order valence-corrected chi connectivity index (χ2v) is 7.39. The van der Waals surface area contributed by atoms with E-state index in [9.17, 15) is 4.79 Å². The number of pyridine rings is 1. The Bertz CT molecular complexity index is 508. The normalized spacial score (nSPS) is 18.8. The topological polar surface area (TPSA) is 54.5 Å². The van der Waals surface area contributed by atoms with Crippen LogP contribution in [0.3, 0.4) is 0 Å². The molecule has 1 unspecified atom stereocenters. The molecule has 0 saturated carbocycles. The molecule has 128 valence electrons. The lowest BCUT2D eigenvalue weighted by atomic mass is 9.98. The lowest BCUT2D eigenvalue weighted by molar-refractivity contribution is 0.0166. The van der Waals surface area contributed by atoms with Gasteiger partial charge in [0.15, 0.2) is 0 Å². The maximum atomic E-state index is 12.2. The zero-order valence-electron chi connectivity index (χ0n) is 14.8. The van der Waals surface area contributed by atoms with E-state index in [0.29, 0.717) is 5.92 Å². The van der Waals surface area contributed by atoms with Gasteiger partial charge in [-0.25, -0.2) is 4.79 Å². The van der Waals surface area contributed by atoms with Gasteiger partial charge >= 0.3 is 6.09 Å². The number of nitrogens with one attached hydrogen (secondary N) is 1. The average molecular weight is 319 g/mol. The molecule has 1 aliphatic heterocycles. The standard InChI is InChI=1S/C18H29N3O2/c1-14-7-8-16(20-10-14)12-19-11-15-6-5-9-21(13-15)17(22)23-18(2,3)4/h7-8,10,15,19H,5-6,9,11-13H2,1-4H3. The highest BCUT2D eigenvalue weighted by molar-refractivity contribution is 5.68. The molecule has 1 aliphatic rings. The van der Waals surface area contributed by atoms with Gasteiger partial charge in [0.2, 0.25) is 0 Å². The number of nitrogens with zero attached hydrogens (tertiary/aromatic N) is 2. The van der Waals surface area contributed by atoms with Gasteiger partial charge in [-0.05, 0) is 58.1 Å². The van der Waals surface area contributed by atoms with Crippen molar-refractivity contribution in [2.45, 2.75) is 52.7 Å². The van der Waals surface area contributed by atoms with Gasteiger partial charge in [-0.2, -0.15) is 0 Å². The predicted octanol–water partition coefficient (Wildman–Crippen LogP) is 3.13. The summed E-state index contributed by atoms with van der Waals surface area (Å²) in [5.41, 5.74) is 1.80. The number of amides is 1. The largest absolute Gasteiger partial charge is 0.444 e. The molecule has 1 N–H and O–H groups in total. The van der Waals surface area contributed by atoms with Crippen LogP contribution < -0.4 is 5.32 Å². The molecule has 2 heterocycles. The molecule has 1 amide bonds. The first-order valence-electron chi connectivity index (χ1n) is 8.44. The Labute approximate surface area is 139 Å². The third-order valence-corrected chi connectivity index (χ3v) is 3.88. The Hall–Kier alpha value is -1.62. The highest BCUT2D eigenvalue weighted by Gasteiger charge is 2.27. The van der Waals surface area contributed by atoms with Crippen molar-refractivity contribution >= 4 is 6.09 Å². The maximum Gasteiger partial charge on any atom is 0.410 e. The Morgan fingerprint density at radius 3 is 2.87 bits per heavy atom. The average Bonchev–Trinajstić information content (AvgIpc) is 2.48. The van der Waals surface area contributed by atoms with E-state index in [0.717, 1.165) is 44.7 Å². The summed E-state index contributed by atoms with van der Waals surface area (Å²) in [6.07, 6.45) is 3.88. The monoisotopic (exact) mass is 319 g/mol. The number of aromatic nitrogens is 1. The molecule has 1 aromatic rings. The summed E-state index contributed by atoms with van der Waals surface area (Å²) in [5, 5.41) is 3.46. The zero-order valence-corrected chi connectivity index (χ0v) is 14.8. The van der Waals surface area contributed by atoms with Crippen LogP contribution in [0.25, 0.3) is 0 Å². The number of carbonyl (C=O) groups is 1. The third kappa shape index (κ3) is 6.18. The zero-order chi connectivity index (χ0) is 16.9. The first-order chi connectivity index (χ1) is 10.8. The van der Waals surface area contributed by atoms with Crippen molar-refractivity contribution in [3.05, 3.63) is 29.6 Å². The van der Waals surface area contributed by atoms with Crippen LogP contribution in [0.2, 0.25) is 0 Å². The summed E-state index contributed by atoms with van der Waals surface area (Å²) < 4.78 is 5.47. The van der Waals surface area contributed by atoms with Crippen molar-refractivity contribution in [3.8, 4) is 0 Å². The van der Waals surface area contributed by atoms with E-state index < -0.39 is 5.60 Å². The second-order valence-electron chi connectivity index (χ2n) is 7.39. The number of carbonyl (C=O) groups excluding carboxylic acids is 1. The van der Waals surface area contributed by atoms with E-state index in [1.165, 1.54) is 5.56 Å². The fraction of sp³-hybridized carbons (Fsp3) is 0.667. The number of ether oxygens (including phenoxy) is 1. The number of hydrogen-bond donors (Lipinski definition) is 1. The molecular weight excluding hydrogens is 290 g/mol. The molecule has 0 aromatic carbocycles. The molecule has 1 atom stereocenters. The molecule has 5 heteroatoms. The van der Waals surface area contributed by atoms with E-state index in [-0.39, 0.29) is 6.09 Å². The van der Waals surface area contributed by atoms with E-state index in [1.807, 2.05) is 38.8 Å². The summed E-state index contributed by atoms with van der Waals surface area (Å²) in [5.74, 6) is 0.474. The number of aryl methyl sites for hydroxylation is 1. The van der Waals surface area contributed by atoms with Crippen LogP contribution in [-0.2, 0) is 11.3 Å². The van der Waals surface area contributed by atoms with Crippen LogP contribution in [0, 0.1) is 12.8 Å². The third-order valence-electron chi connectivity index (χ3n) is 3.88. The number of piperidine rings is 1. The van der Waals surface area contributed by atoms with Crippen molar-refractivity contribution in [1.29, 1.82) is 0 Å². The van der Waals surface area contributed by atoms with Gasteiger partial charge in [-0.15, -0.1) is 0 Å². The van der Waals surface area contributed by atoms with Crippen molar-refractivity contribution in [1.82, 2.24) is 15.2 Å². The first kappa shape index (κ1) is 17.7. The van der Waals surface area contributed by atoms with Crippen molar-refractivity contribution in [2.75, 3.05) is 19.6 Å². The lowest BCUT2D eigenvalue weighted by Crippen LogP contribution is -2.45. The van der Waals surface area contributed by atoms with Crippen LogP contribution in [0.15, 0.2) is 18.3 Å². The molecular formula is C18H29N3O2. The first-order valence-corrected chi connectivity index (χ1v) is 8.44. The molecule has 1 saturated heterocycles. The summed E-state index contributed by atoms with van der Waals surface area (Å²) >= 11 is 0. The smallest absolute Gasteiger partial charge is 0.410 e. The molecule has 0 spiro atoms. The Morgan fingerprint density at radius 1 is 1.43 bits per heavy atom. The number of likely N-dealkylation sites (tertiary alicyclic amines) is 1. The van der Waals surface area contributed by atoms with Gasteiger partial charge in [-0.1, -0.05) is 6.07 Å². The van der Waals surface area contributed by atoms with E-state index in [1.54, 1.807) is 0 Å². The number of rotatable bonds is 4. The summed E-state index contributed by atoms with van der Waals surface area (Å²) in [7, 11) is 0. The van der Waals surface area contributed by atoms with Crippen LogP contribution >= 0.6 is 0 Å². The van der Waals surface area contributed by atoms with E-state index in [4.69, 9.17) is 4.74 Å². The van der Waals surface area contributed by atoms with Gasteiger partial charge < -0.3 is 15.0 Å². The predicted molar refractivity (Wildman–Crippen MR) is 91.2 cm³/mol. The number of hydrogen-bond acceptors (Lipinski definition) is 4. The SMILES string of the molecule is Cc1ccc(CNCC2CCCN(C(=O)OC(C)(C)C)C2)nc1. The van der Waals surface area contributed by atoms with Crippen LogP contribution in [-0.4, -0.2) is 41.2 Å². The van der Waals surface area contributed by atoms with Crippen molar-refractivity contribution < 1.29 is 9.53 Å². The molecule has 0 aliphatic carbocycles. The van der Waals surface area contributed by atoms with E-state index >= 15 is 0 Å². The van der Waals surface area contributed by atoms with Crippen LogP contribution in [0.5, 0.6) is 0 Å². The molecule has 0 bridgehead atoms. The van der Waals surface area contributed by atoms with Crippen molar-refractivity contribution in [3.63, 3.8) is 0 Å². The van der Waals surface area contributed by atoms with Gasteiger partial charge in [-0.3, -0.25) is 4.98 Å². The van der Waals surface area contributed by atoms with E-state index in [2.05, 4.69) is 22.4 Å². The molecule has 1 fully saturated rings. The van der Waals surface area contributed by atoms with Gasteiger partial charge in [0.25, 0.3) is 0 Å². The Balaban J connectivity index is 1.75. The maximum absolute atomic E-state index is 12.2. The molecule has 0 radical (unpaired) electrons. The quantitative estimate of drug-likeness (QED) is 0.926. The second kappa shape index (κ2) is 7.77. The lowest BCUT2D eigenvalue weighted by Gasteiger charge is -2.34. The Kier molecular flexibility index (Phi) is 5.99. The Morgan fingerprint density at radius 2 is 2.22 bits per heavy atom. The highest BCUT2D eigenvalue weighted by atomic mass is 16.6. The molecule has 23 heavy (non-hydrogen) atoms. The minimum atomic E-state index is -0.431. The van der Waals surface area contributed by atoms with Gasteiger partial charge in [0.1, 0.15) is 5.60 Å². The van der Waals surface area contributed by atoms with Crippen LogP contribution in [0.4, 0.5) is 4.79 Å². The van der Waals surface area contributed by atoms with Crippen LogP contribution in [0.1, 0.15) is 44.9 Å². The summed E-state index contributed by atoms with van der Waals surface area (Å²) in [6.45, 7) is 11.0. The fourth-order valence-electron chi connectivity index (χ4n) is 2.73. The van der Waals surface area contributed by atoms with Gasteiger partial charge in [0.05, 0.1) is 5.69 Å². The molecule has 5 nitrogen and oxygen atoms in total. The minimum Gasteiger partial charge on any atom is -0.444 e. The summed E-state index contributed by atoms with van der Waals surface area (Å²) in [6, 6.07) is 4.13. The molecule has 2 rings (SSSR count). The highest BCUT2D eigenvalue weighted by Crippen LogP contribution is 2.19. The van der Waals surface area contributed by atoms with Gasteiger partial charge in [0, 0.05) is 32.4 Å². The van der Waals surface area contributed by atoms with Crippen molar-refractivity contribution in [2.24, 2.45) is 5.92 Å². The summed E-state index contributed by atoms with van der Waals surface area (Å²) in [4.78, 5) is 18.4. The molecule has 1 aromatic heterocycles. The minimum absolute atomic E-state index is 0.192. The fourth-order valence-corrected chi connectivity index (χ4v) is 2.73.